The van der Waals surface area contributed by atoms with Gasteiger partial charge in [-0.2, -0.15) is 0 Å². The summed E-state index contributed by atoms with van der Waals surface area (Å²) in [6, 6.07) is 0. The zero-order valence-corrected chi connectivity index (χ0v) is 4.75. The first kappa shape index (κ1) is 72.8. The molecule has 0 fully saturated rings. The fourth-order valence-corrected chi connectivity index (χ4v) is 0. The van der Waals surface area contributed by atoms with Crippen molar-refractivity contribution >= 4 is 316 Å². The van der Waals surface area contributed by atoms with E-state index in [4.69, 9.17) is 13.2 Å². The average molecular weight is 429 g/mol. The van der Waals surface area contributed by atoms with Crippen LogP contribution >= 0.6 is 0 Å². The molecular formula is H13Na10O4Sb. The summed E-state index contributed by atoms with van der Waals surface area (Å²) >= 11 is -5.35. The van der Waals surface area contributed by atoms with E-state index >= 15 is 0 Å². The first-order valence-corrected chi connectivity index (χ1v) is 5.25. The van der Waals surface area contributed by atoms with E-state index in [2.05, 4.69) is 0 Å². The SMILES string of the molecule is [NaH].[NaH].[NaH].[NaH].[NaH].[NaH].[NaH].[NaH].[NaH].[NaH].[O]=[Sb]([OH])([OH])[OH]. The molecule has 15 heavy (non-hydrogen) atoms. The van der Waals surface area contributed by atoms with Gasteiger partial charge in [-0.25, -0.2) is 0 Å². The molecule has 52 valence electrons. The minimum absolute atomic E-state index is 0. The fraction of sp³-hybridized carbons (Fsp3) is 0. The summed E-state index contributed by atoms with van der Waals surface area (Å²) in [4.78, 5) is 0. The van der Waals surface area contributed by atoms with Crippen LogP contribution in [-0.2, 0) is 3.02 Å². The molecule has 0 aliphatic heterocycles. The quantitative estimate of drug-likeness (QED) is 0.335. The van der Waals surface area contributed by atoms with Crippen LogP contribution in [0, 0.1) is 0 Å². The van der Waals surface area contributed by atoms with Crippen molar-refractivity contribution in [3.63, 3.8) is 0 Å². The van der Waals surface area contributed by atoms with Gasteiger partial charge in [-0.15, -0.1) is 0 Å². The van der Waals surface area contributed by atoms with Gasteiger partial charge in [0.1, 0.15) is 0 Å². The van der Waals surface area contributed by atoms with Crippen molar-refractivity contribution in [1.29, 1.82) is 0 Å². The Morgan fingerprint density at radius 1 is 0.467 bits per heavy atom. The van der Waals surface area contributed by atoms with Crippen LogP contribution < -0.4 is 0 Å². The van der Waals surface area contributed by atoms with Crippen LogP contribution in [0.25, 0.3) is 0 Å². The van der Waals surface area contributed by atoms with Crippen LogP contribution in [0.1, 0.15) is 0 Å². The summed E-state index contributed by atoms with van der Waals surface area (Å²) in [5, 5.41) is 0. The number of hydrogen-bond acceptors (Lipinski definition) is 1. The van der Waals surface area contributed by atoms with Gasteiger partial charge in [-0.3, -0.25) is 0 Å². The number of rotatable bonds is 0. The van der Waals surface area contributed by atoms with Crippen molar-refractivity contribution in [2.24, 2.45) is 0 Å². The Bertz CT molecular complexity index is 63.6. The minimum atomic E-state index is -5.35. The Hall–Kier alpha value is 10.5. The van der Waals surface area contributed by atoms with Crippen molar-refractivity contribution in [2.75, 3.05) is 0 Å². The predicted octanol–water partition coefficient (Wildman–Crippen LogP) is -8.66. The van der Waals surface area contributed by atoms with Gasteiger partial charge in [0.05, 0.1) is 0 Å². The van der Waals surface area contributed by atoms with E-state index in [0.717, 1.165) is 0 Å². The summed E-state index contributed by atoms with van der Waals surface area (Å²) in [5.74, 6) is 0. The zero-order chi connectivity index (χ0) is 4.50. The topological polar surface area (TPSA) is 77.8 Å². The van der Waals surface area contributed by atoms with Gasteiger partial charge >= 0.3 is 329 Å². The molecule has 0 aromatic carbocycles. The summed E-state index contributed by atoms with van der Waals surface area (Å²) in [5.41, 5.74) is 0. The molecule has 0 aliphatic carbocycles. The molecule has 0 amide bonds. The van der Waals surface area contributed by atoms with Gasteiger partial charge in [0, 0.05) is 0 Å². The van der Waals surface area contributed by atoms with Gasteiger partial charge in [0.2, 0.25) is 0 Å². The number of hydrogen-bond donors (Lipinski definition) is 3. The molecule has 0 saturated heterocycles. The summed E-state index contributed by atoms with van der Waals surface area (Å²) in [6.07, 6.45) is 0. The van der Waals surface area contributed by atoms with Gasteiger partial charge in [0.25, 0.3) is 0 Å². The molecule has 0 aromatic rings. The van der Waals surface area contributed by atoms with E-state index in [-0.39, 0.29) is 296 Å². The average Bonchev–Trinajstić information content (AvgIpc) is 0.722. The predicted molar refractivity (Wildman–Crippen MR) is 84.6 cm³/mol. The van der Waals surface area contributed by atoms with Gasteiger partial charge in [-0.1, -0.05) is 0 Å². The molecule has 0 bridgehead atoms. The van der Waals surface area contributed by atoms with Gasteiger partial charge in [0.15, 0.2) is 0 Å². The molecule has 0 rings (SSSR count). The second-order valence-corrected chi connectivity index (χ2v) is 3.44. The molecule has 0 saturated carbocycles. The first-order chi connectivity index (χ1) is 2.00. The van der Waals surface area contributed by atoms with Gasteiger partial charge in [-0.05, 0) is 0 Å². The monoisotopic (exact) mass is 428 g/mol. The third-order valence-electron chi connectivity index (χ3n) is 0. The first-order valence-electron chi connectivity index (χ1n) is 0.783. The summed E-state index contributed by atoms with van der Waals surface area (Å²) in [6.45, 7) is 0. The third-order valence-corrected chi connectivity index (χ3v) is 0. The molecule has 0 heterocycles. The third kappa shape index (κ3) is 113. The second kappa shape index (κ2) is 49.7. The van der Waals surface area contributed by atoms with E-state index in [9.17, 15) is 0 Å². The Kier molecular flexibility index (Phi) is 241. The Labute approximate surface area is 318 Å². The van der Waals surface area contributed by atoms with E-state index in [1.807, 2.05) is 0 Å². The normalized spacial score (nSPS) is 3.93. The van der Waals surface area contributed by atoms with E-state index in [1.165, 1.54) is 0 Å². The van der Waals surface area contributed by atoms with Crippen LogP contribution in [0.15, 0.2) is 0 Å². The molecule has 0 radical (unpaired) electrons. The molecule has 0 unspecified atom stereocenters. The van der Waals surface area contributed by atoms with Crippen molar-refractivity contribution in [2.45, 2.75) is 0 Å². The molecule has 0 atom stereocenters. The molecule has 4 nitrogen and oxygen atoms in total. The van der Waals surface area contributed by atoms with E-state index in [1.54, 1.807) is 0 Å². The van der Waals surface area contributed by atoms with Crippen LogP contribution in [0.4, 0.5) is 0 Å². The maximum atomic E-state index is 8.97. The van der Waals surface area contributed by atoms with Crippen molar-refractivity contribution < 1.29 is 13.2 Å². The Morgan fingerprint density at radius 2 is 0.467 bits per heavy atom. The molecule has 0 aromatic heterocycles. The second-order valence-electron chi connectivity index (χ2n) is 0.513. The summed E-state index contributed by atoms with van der Waals surface area (Å²) in [7, 11) is 0. The molecular weight excluding hydrogens is 416 g/mol. The van der Waals surface area contributed by atoms with Crippen molar-refractivity contribution in [1.82, 2.24) is 0 Å². The van der Waals surface area contributed by atoms with Crippen molar-refractivity contribution in [3.8, 4) is 0 Å². The van der Waals surface area contributed by atoms with Crippen LogP contribution in [0.3, 0.4) is 0 Å². The molecule has 0 aliphatic rings. The fourth-order valence-electron chi connectivity index (χ4n) is 0. The molecule has 0 spiro atoms. The van der Waals surface area contributed by atoms with E-state index < -0.39 is 20.1 Å². The van der Waals surface area contributed by atoms with Crippen molar-refractivity contribution in [3.05, 3.63) is 0 Å². The van der Waals surface area contributed by atoms with E-state index in [0.29, 0.717) is 0 Å². The van der Waals surface area contributed by atoms with Crippen LogP contribution in [0.5, 0.6) is 0 Å². The molecule has 15 heteroatoms. The standard InChI is InChI=1S/10Na.3H2O.O.Sb.10H/h;;;;;;;;;;3*1H2;;;;;;;;;;;;/q;;;;;;;;;;;;;;+3;;;;;;;;;;/p-3. The Balaban J connectivity index is -0.00000000178. The van der Waals surface area contributed by atoms with Gasteiger partial charge < -0.3 is 0 Å². The maximum absolute atomic E-state index is 8.97. The summed E-state index contributed by atoms with van der Waals surface area (Å²) < 4.78 is 30.8. The van der Waals surface area contributed by atoms with Crippen LogP contribution in [0.2, 0.25) is 0 Å². The Morgan fingerprint density at radius 3 is 0.467 bits per heavy atom. The molecule has 3 N–H and O–H groups in total. The zero-order valence-electron chi connectivity index (χ0n) is 2.20. The van der Waals surface area contributed by atoms with Crippen LogP contribution in [-0.4, -0.2) is 326 Å².